The molecule has 6 heteroatoms. The molecule has 1 fully saturated rings. The smallest absolute Gasteiger partial charge is 0.265 e. The van der Waals surface area contributed by atoms with E-state index >= 15 is 0 Å². The lowest BCUT2D eigenvalue weighted by atomic mass is 10.0. The highest BCUT2D eigenvalue weighted by Crippen LogP contribution is 2.26. The first-order valence-corrected chi connectivity index (χ1v) is 10.9. The van der Waals surface area contributed by atoms with Crippen molar-refractivity contribution in [1.82, 2.24) is 4.90 Å². The van der Waals surface area contributed by atoms with E-state index in [4.69, 9.17) is 10.5 Å². The third-order valence-electron chi connectivity index (χ3n) is 5.82. The number of anilines is 1. The molecule has 6 nitrogen and oxygen atoms in total. The van der Waals surface area contributed by atoms with Gasteiger partial charge >= 0.3 is 0 Å². The standard InChI is InChI=1S/C25H33N3O3/c1-16(2)20-11-10-17(3)23(14-20)31-18(4)25(30)27-21-8-5-7-19(13-21)15-28-12-6-9-22(28)24(26)29/h5,7-8,10-11,13-14,16,18,22H,6,9,12,15H2,1-4H3,(H2,26,29)(H,27,30). The molecule has 2 amide bonds. The van der Waals surface area contributed by atoms with Crippen molar-refractivity contribution in [2.45, 2.75) is 65.1 Å². The van der Waals surface area contributed by atoms with Crippen molar-refractivity contribution in [2.75, 3.05) is 11.9 Å². The summed E-state index contributed by atoms with van der Waals surface area (Å²) in [4.78, 5) is 26.5. The Morgan fingerprint density at radius 1 is 1.19 bits per heavy atom. The Morgan fingerprint density at radius 3 is 2.68 bits per heavy atom. The number of benzene rings is 2. The van der Waals surface area contributed by atoms with Gasteiger partial charge in [0.05, 0.1) is 6.04 Å². The maximum atomic E-state index is 12.7. The highest BCUT2D eigenvalue weighted by Gasteiger charge is 2.28. The summed E-state index contributed by atoms with van der Waals surface area (Å²) in [6.07, 6.45) is 1.14. The minimum Gasteiger partial charge on any atom is -0.481 e. The highest BCUT2D eigenvalue weighted by molar-refractivity contribution is 5.94. The predicted octanol–water partition coefficient (Wildman–Crippen LogP) is 3.97. The summed E-state index contributed by atoms with van der Waals surface area (Å²) in [5, 5.41) is 2.94. The molecule has 2 atom stereocenters. The largest absolute Gasteiger partial charge is 0.481 e. The third kappa shape index (κ3) is 5.85. The van der Waals surface area contributed by atoms with E-state index in [0.717, 1.165) is 36.3 Å². The van der Waals surface area contributed by atoms with Gasteiger partial charge < -0.3 is 15.8 Å². The van der Waals surface area contributed by atoms with Crippen LogP contribution in [0.1, 0.15) is 56.2 Å². The lowest BCUT2D eigenvalue weighted by molar-refractivity contribution is -0.122. The van der Waals surface area contributed by atoms with E-state index < -0.39 is 6.10 Å². The second kappa shape index (κ2) is 9.96. The Labute approximate surface area is 184 Å². The topological polar surface area (TPSA) is 84.7 Å². The van der Waals surface area contributed by atoms with E-state index in [2.05, 4.69) is 30.1 Å². The number of hydrogen-bond acceptors (Lipinski definition) is 4. The van der Waals surface area contributed by atoms with Gasteiger partial charge in [0.2, 0.25) is 5.91 Å². The SMILES string of the molecule is Cc1ccc(C(C)C)cc1OC(C)C(=O)Nc1cccc(CN2CCCC2C(N)=O)c1. The van der Waals surface area contributed by atoms with Gasteiger partial charge in [-0.25, -0.2) is 0 Å². The molecule has 0 spiro atoms. The Kier molecular flexibility index (Phi) is 7.33. The first kappa shape index (κ1) is 22.8. The summed E-state index contributed by atoms with van der Waals surface area (Å²) in [6.45, 7) is 9.47. The minimum absolute atomic E-state index is 0.206. The zero-order valence-corrected chi connectivity index (χ0v) is 18.9. The normalized spacial score (nSPS) is 17.5. The molecule has 2 unspecified atom stereocenters. The summed E-state index contributed by atoms with van der Waals surface area (Å²) in [5.74, 6) is 0.640. The van der Waals surface area contributed by atoms with Crippen LogP contribution in [0, 0.1) is 6.92 Å². The highest BCUT2D eigenvalue weighted by atomic mass is 16.5. The van der Waals surface area contributed by atoms with Crippen LogP contribution in [0.2, 0.25) is 0 Å². The predicted molar refractivity (Wildman–Crippen MR) is 123 cm³/mol. The molecule has 3 N–H and O–H groups in total. The minimum atomic E-state index is -0.636. The van der Waals surface area contributed by atoms with Gasteiger partial charge in [-0.1, -0.05) is 38.1 Å². The molecule has 0 aliphatic carbocycles. The molecule has 0 radical (unpaired) electrons. The van der Waals surface area contributed by atoms with Gasteiger partial charge in [-0.05, 0) is 74.0 Å². The molecule has 166 valence electrons. The van der Waals surface area contributed by atoms with Crippen molar-refractivity contribution in [1.29, 1.82) is 0 Å². The number of nitrogens with two attached hydrogens (primary N) is 1. The van der Waals surface area contributed by atoms with Gasteiger partial charge in [-0.3, -0.25) is 14.5 Å². The number of rotatable bonds is 8. The van der Waals surface area contributed by atoms with Crippen molar-refractivity contribution in [3.05, 3.63) is 59.2 Å². The fourth-order valence-corrected chi connectivity index (χ4v) is 3.91. The van der Waals surface area contributed by atoms with Gasteiger partial charge in [0.15, 0.2) is 6.10 Å². The van der Waals surface area contributed by atoms with E-state index in [1.807, 2.05) is 43.3 Å². The van der Waals surface area contributed by atoms with Crippen LogP contribution in [0.3, 0.4) is 0 Å². The molecule has 0 bridgehead atoms. The molecule has 31 heavy (non-hydrogen) atoms. The van der Waals surface area contributed by atoms with Gasteiger partial charge in [-0.2, -0.15) is 0 Å². The summed E-state index contributed by atoms with van der Waals surface area (Å²) >= 11 is 0. The van der Waals surface area contributed by atoms with Crippen molar-refractivity contribution < 1.29 is 14.3 Å². The number of amides is 2. The van der Waals surface area contributed by atoms with E-state index in [1.54, 1.807) is 6.92 Å². The molecular weight excluding hydrogens is 390 g/mol. The van der Waals surface area contributed by atoms with Gasteiger partial charge in [-0.15, -0.1) is 0 Å². The number of likely N-dealkylation sites (tertiary alicyclic amines) is 1. The third-order valence-corrected chi connectivity index (χ3v) is 5.82. The Bertz CT molecular complexity index is 941. The number of nitrogens with one attached hydrogen (secondary N) is 1. The van der Waals surface area contributed by atoms with Crippen LogP contribution in [0.5, 0.6) is 5.75 Å². The Hall–Kier alpha value is -2.86. The van der Waals surface area contributed by atoms with E-state index in [1.165, 1.54) is 5.56 Å². The number of carbonyl (C=O) groups excluding carboxylic acids is 2. The van der Waals surface area contributed by atoms with Gasteiger partial charge in [0.25, 0.3) is 5.91 Å². The number of hydrogen-bond donors (Lipinski definition) is 2. The average Bonchev–Trinajstić information content (AvgIpc) is 3.18. The molecule has 3 rings (SSSR count). The van der Waals surface area contributed by atoms with Crippen molar-refractivity contribution in [3.8, 4) is 5.75 Å². The van der Waals surface area contributed by atoms with Crippen LogP contribution in [-0.2, 0) is 16.1 Å². The summed E-state index contributed by atoms with van der Waals surface area (Å²) in [5.41, 5.74) is 9.43. The monoisotopic (exact) mass is 423 g/mol. The first-order valence-electron chi connectivity index (χ1n) is 10.9. The van der Waals surface area contributed by atoms with Gasteiger partial charge in [0.1, 0.15) is 5.75 Å². The summed E-state index contributed by atoms with van der Waals surface area (Å²) in [6, 6.07) is 13.6. The quantitative estimate of drug-likeness (QED) is 0.673. The lowest BCUT2D eigenvalue weighted by Crippen LogP contribution is -2.39. The molecule has 0 aromatic heterocycles. The molecule has 2 aromatic rings. The van der Waals surface area contributed by atoms with Crippen LogP contribution in [0.25, 0.3) is 0 Å². The molecular formula is C25H33N3O3. The second-order valence-electron chi connectivity index (χ2n) is 8.66. The Balaban J connectivity index is 1.63. The fourth-order valence-electron chi connectivity index (χ4n) is 3.91. The van der Waals surface area contributed by atoms with Crippen molar-refractivity contribution in [2.24, 2.45) is 5.73 Å². The van der Waals surface area contributed by atoms with Gasteiger partial charge in [0, 0.05) is 12.2 Å². The number of nitrogens with zero attached hydrogens (tertiary/aromatic N) is 1. The molecule has 0 saturated carbocycles. The molecule has 2 aromatic carbocycles. The zero-order chi connectivity index (χ0) is 22.5. The maximum absolute atomic E-state index is 12.7. The number of aryl methyl sites for hydroxylation is 1. The lowest BCUT2D eigenvalue weighted by Gasteiger charge is -2.22. The van der Waals surface area contributed by atoms with E-state index in [0.29, 0.717) is 18.2 Å². The van der Waals surface area contributed by atoms with Crippen LogP contribution in [0.4, 0.5) is 5.69 Å². The van der Waals surface area contributed by atoms with E-state index in [9.17, 15) is 9.59 Å². The zero-order valence-electron chi connectivity index (χ0n) is 18.9. The molecule has 1 aliphatic rings. The van der Waals surface area contributed by atoms with E-state index in [-0.39, 0.29) is 17.9 Å². The van der Waals surface area contributed by atoms with Crippen LogP contribution in [-0.4, -0.2) is 35.4 Å². The van der Waals surface area contributed by atoms with Crippen molar-refractivity contribution in [3.63, 3.8) is 0 Å². The van der Waals surface area contributed by atoms with Crippen molar-refractivity contribution >= 4 is 17.5 Å². The second-order valence-corrected chi connectivity index (χ2v) is 8.66. The maximum Gasteiger partial charge on any atom is 0.265 e. The fraction of sp³-hybridized carbons (Fsp3) is 0.440. The number of ether oxygens (including phenoxy) is 1. The summed E-state index contributed by atoms with van der Waals surface area (Å²) in [7, 11) is 0. The number of carbonyl (C=O) groups is 2. The van der Waals surface area contributed by atoms with Crippen LogP contribution < -0.4 is 15.8 Å². The molecule has 1 aliphatic heterocycles. The average molecular weight is 424 g/mol. The molecule has 1 saturated heterocycles. The van der Waals surface area contributed by atoms with Crippen LogP contribution in [0.15, 0.2) is 42.5 Å². The Morgan fingerprint density at radius 2 is 1.97 bits per heavy atom. The first-order chi connectivity index (χ1) is 14.7. The number of primary amides is 1. The molecule has 1 heterocycles. The summed E-state index contributed by atoms with van der Waals surface area (Å²) < 4.78 is 5.98. The van der Waals surface area contributed by atoms with Crippen LogP contribution >= 0.6 is 0 Å².